The maximum absolute atomic E-state index is 7.48. The molecule has 1 aliphatic rings. The Morgan fingerprint density at radius 2 is 2.20 bits per heavy atom. The minimum atomic E-state index is -0.0924. The Balaban J connectivity index is 2.12. The summed E-state index contributed by atoms with van der Waals surface area (Å²) in [5.74, 6) is 0.126. The van der Waals surface area contributed by atoms with Crippen LogP contribution in [0.3, 0.4) is 0 Å². The fourth-order valence-corrected chi connectivity index (χ4v) is 2.99. The summed E-state index contributed by atoms with van der Waals surface area (Å²) in [4.78, 5) is 2.43. The Morgan fingerprint density at radius 3 is 2.75 bits per heavy atom. The first-order chi connectivity index (χ1) is 9.27. The summed E-state index contributed by atoms with van der Waals surface area (Å²) in [6.45, 7) is 11.3. The summed E-state index contributed by atoms with van der Waals surface area (Å²) in [5, 5.41) is 7.48. The van der Waals surface area contributed by atoms with Crippen molar-refractivity contribution in [3.8, 4) is 0 Å². The standard InChI is InChI=1S/C16H25N3O/c1-11-7-13(15(17)18)5-6-14(11)9-19-8-12(2)20-16(3,4)10-19/h5-7,12H,8-10H2,1-4H3,(H3,17,18). The molecular weight excluding hydrogens is 250 g/mol. The Hall–Kier alpha value is -1.39. The second-order valence-electron chi connectivity index (χ2n) is 6.41. The summed E-state index contributed by atoms with van der Waals surface area (Å²) in [6.07, 6.45) is 0.260. The number of amidine groups is 1. The molecule has 1 aromatic carbocycles. The summed E-state index contributed by atoms with van der Waals surface area (Å²) in [6, 6.07) is 6.01. The zero-order valence-corrected chi connectivity index (χ0v) is 12.9. The van der Waals surface area contributed by atoms with Crippen LogP contribution in [-0.4, -0.2) is 35.5 Å². The van der Waals surface area contributed by atoms with E-state index < -0.39 is 0 Å². The van der Waals surface area contributed by atoms with Crippen LogP contribution in [0.25, 0.3) is 0 Å². The van der Waals surface area contributed by atoms with Gasteiger partial charge < -0.3 is 10.5 Å². The van der Waals surface area contributed by atoms with Gasteiger partial charge in [0, 0.05) is 25.2 Å². The smallest absolute Gasteiger partial charge is 0.122 e. The lowest BCUT2D eigenvalue weighted by Gasteiger charge is -2.42. The third-order valence-electron chi connectivity index (χ3n) is 3.69. The number of ether oxygens (including phenoxy) is 1. The summed E-state index contributed by atoms with van der Waals surface area (Å²) in [7, 11) is 0. The van der Waals surface area contributed by atoms with Crippen LogP contribution >= 0.6 is 0 Å². The number of nitrogen functional groups attached to an aromatic ring is 1. The minimum absolute atomic E-state index is 0.0924. The largest absolute Gasteiger partial charge is 0.384 e. The van der Waals surface area contributed by atoms with Crippen molar-refractivity contribution in [3.05, 3.63) is 34.9 Å². The number of nitrogens with one attached hydrogen (secondary N) is 1. The lowest BCUT2D eigenvalue weighted by atomic mass is 10.0. The molecule has 0 spiro atoms. The highest BCUT2D eigenvalue weighted by Crippen LogP contribution is 2.23. The SMILES string of the molecule is Cc1cc(C(=N)N)ccc1CN1CC(C)OC(C)(C)C1. The summed E-state index contributed by atoms with van der Waals surface area (Å²) < 4.78 is 5.94. The molecule has 0 saturated carbocycles. The quantitative estimate of drug-likeness (QED) is 0.657. The molecule has 20 heavy (non-hydrogen) atoms. The highest BCUT2D eigenvalue weighted by atomic mass is 16.5. The van der Waals surface area contributed by atoms with E-state index in [0.29, 0.717) is 0 Å². The average Bonchev–Trinajstić information content (AvgIpc) is 2.28. The number of nitrogens with zero attached hydrogens (tertiary/aromatic N) is 1. The molecule has 4 heteroatoms. The van der Waals surface area contributed by atoms with Gasteiger partial charge in [0.15, 0.2) is 0 Å². The van der Waals surface area contributed by atoms with E-state index in [1.807, 2.05) is 12.1 Å². The van der Waals surface area contributed by atoms with Crippen molar-refractivity contribution in [1.29, 1.82) is 5.41 Å². The summed E-state index contributed by atoms with van der Waals surface area (Å²) >= 11 is 0. The van der Waals surface area contributed by atoms with Crippen molar-refractivity contribution in [3.63, 3.8) is 0 Å². The topological polar surface area (TPSA) is 62.3 Å². The second-order valence-corrected chi connectivity index (χ2v) is 6.41. The Morgan fingerprint density at radius 1 is 1.50 bits per heavy atom. The van der Waals surface area contributed by atoms with Crippen LogP contribution in [0.2, 0.25) is 0 Å². The number of hydrogen-bond acceptors (Lipinski definition) is 3. The van der Waals surface area contributed by atoms with Gasteiger partial charge in [0.25, 0.3) is 0 Å². The Bertz CT molecular complexity index is 510. The van der Waals surface area contributed by atoms with Crippen LogP contribution in [0, 0.1) is 12.3 Å². The van der Waals surface area contributed by atoms with Crippen molar-refractivity contribution in [2.75, 3.05) is 13.1 Å². The van der Waals surface area contributed by atoms with Crippen LogP contribution in [0.15, 0.2) is 18.2 Å². The first-order valence-electron chi connectivity index (χ1n) is 7.11. The molecule has 1 fully saturated rings. The number of benzene rings is 1. The zero-order valence-electron chi connectivity index (χ0n) is 12.9. The molecule has 4 nitrogen and oxygen atoms in total. The zero-order chi connectivity index (χ0) is 14.9. The number of morpholine rings is 1. The number of aryl methyl sites for hydroxylation is 1. The minimum Gasteiger partial charge on any atom is -0.384 e. The molecular formula is C16H25N3O. The first kappa shape index (κ1) is 15.0. The van der Waals surface area contributed by atoms with E-state index in [2.05, 4.69) is 38.7 Å². The van der Waals surface area contributed by atoms with Gasteiger partial charge in [-0.1, -0.05) is 12.1 Å². The van der Waals surface area contributed by atoms with Crippen LogP contribution in [-0.2, 0) is 11.3 Å². The van der Waals surface area contributed by atoms with Crippen LogP contribution < -0.4 is 5.73 Å². The molecule has 1 aliphatic heterocycles. The van der Waals surface area contributed by atoms with Crippen molar-refractivity contribution < 1.29 is 4.74 Å². The molecule has 3 N–H and O–H groups in total. The fourth-order valence-electron chi connectivity index (χ4n) is 2.99. The maximum Gasteiger partial charge on any atom is 0.122 e. The third-order valence-corrected chi connectivity index (χ3v) is 3.69. The highest BCUT2D eigenvalue weighted by Gasteiger charge is 2.31. The van der Waals surface area contributed by atoms with Crippen LogP contribution in [0.5, 0.6) is 0 Å². The van der Waals surface area contributed by atoms with E-state index in [9.17, 15) is 0 Å². The van der Waals surface area contributed by atoms with Gasteiger partial charge in [-0.3, -0.25) is 10.3 Å². The third kappa shape index (κ3) is 3.58. The molecule has 0 radical (unpaired) electrons. The van der Waals surface area contributed by atoms with Crippen molar-refractivity contribution >= 4 is 5.84 Å². The molecule has 1 atom stereocenters. The van der Waals surface area contributed by atoms with Crippen molar-refractivity contribution in [2.45, 2.75) is 45.9 Å². The van der Waals surface area contributed by atoms with Gasteiger partial charge in [-0.25, -0.2) is 0 Å². The monoisotopic (exact) mass is 275 g/mol. The fraction of sp³-hybridized carbons (Fsp3) is 0.562. The molecule has 0 bridgehead atoms. The molecule has 1 aromatic rings. The molecule has 2 rings (SSSR count). The average molecular weight is 275 g/mol. The van der Waals surface area contributed by atoms with Gasteiger partial charge in [-0.2, -0.15) is 0 Å². The summed E-state index contributed by atoms with van der Waals surface area (Å²) in [5.41, 5.74) is 8.71. The van der Waals surface area contributed by atoms with Gasteiger partial charge in [0.1, 0.15) is 5.84 Å². The number of rotatable bonds is 3. The predicted octanol–water partition coefficient (Wildman–Crippen LogP) is 2.28. The van der Waals surface area contributed by atoms with Gasteiger partial charge in [0.2, 0.25) is 0 Å². The normalized spacial score (nSPS) is 22.7. The van der Waals surface area contributed by atoms with Gasteiger partial charge in [0.05, 0.1) is 11.7 Å². The lowest BCUT2D eigenvalue weighted by Crippen LogP contribution is -2.51. The van der Waals surface area contributed by atoms with Gasteiger partial charge in [-0.05, 0) is 44.9 Å². The molecule has 0 amide bonds. The first-order valence-corrected chi connectivity index (χ1v) is 7.11. The van der Waals surface area contributed by atoms with E-state index in [1.54, 1.807) is 0 Å². The van der Waals surface area contributed by atoms with E-state index in [-0.39, 0.29) is 17.5 Å². The highest BCUT2D eigenvalue weighted by molar-refractivity contribution is 5.95. The van der Waals surface area contributed by atoms with Crippen molar-refractivity contribution in [1.82, 2.24) is 4.90 Å². The van der Waals surface area contributed by atoms with Gasteiger partial charge in [-0.15, -0.1) is 0 Å². The Labute approximate surface area is 121 Å². The van der Waals surface area contributed by atoms with Crippen LogP contribution in [0.1, 0.15) is 37.5 Å². The Kier molecular flexibility index (Phi) is 4.16. The van der Waals surface area contributed by atoms with Crippen molar-refractivity contribution in [2.24, 2.45) is 5.73 Å². The predicted molar refractivity (Wildman–Crippen MR) is 82.1 cm³/mol. The van der Waals surface area contributed by atoms with E-state index in [1.165, 1.54) is 11.1 Å². The van der Waals surface area contributed by atoms with E-state index in [0.717, 1.165) is 25.2 Å². The molecule has 1 saturated heterocycles. The maximum atomic E-state index is 7.48. The number of hydrogen-bond donors (Lipinski definition) is 2. The number of nitrogens with two attached hydrogens (primary N) is 1. The second kappa shape index (κ2) is 5.54. The van der Waals surface area contributed by atoms with Gasteiger partial charge >= 0.3 is 0 Å². The molecule has 110 valence electrons. The lowest BCUT2D eigenvalue weighted by molar-refractivity contribution is -0.130. The molecule has 1 heterocycles. The molecule has 1 unspecified atom stereocenters. The van der Waals surface area contributed by atoms with Crippen LogP contribution in [0.4, 0.5) is 0 Å². The van der Waals surface area contributed by atoms with E-state index in [4.69, 9.17) is 15.9 Å². The molecule has 0 aliphatic carbocycles. The molecule has 0 aromatic heterocycles. The van der Waals surface area contributed by atoms with E-state index >= 15 is 0 Å².